The second-order valence-electron chi connectivity index (χ2n) is 16.3. The summed E-state index contributed by atoms with van der Waals surface area (Å²) in [7, 11) is 0. The van der Waals surface area contributed by atoms with Crippen molar-refractivity contribution in [2.24, 2.45) is 9.98 Å². The normalized spacial score (nSPS) is 12.1. The zero-order valence-electron chi connectivity index (χ0n) is 33.7. The van der Waals surface area contributed by atoms with Gasteiger partial charge in [0.1, 0.15) is 0 Å². The Morgan fingerprint density at radius 2 is 0.758 bits per heavy atom. The van der Waals surface area contributed by atoms with Crippen LogP contribution in [0.5, 0.6) is 0 Å². The van der Waals surface area contributed by atoms with Crippen LogP contribution in [-0.4, -0.2) is 0 Å². The summed E-state index contributed by atoms with van der Waals surface area (Å²) in [5.74, 6) is 0. The van der Waals surface area contributed by atoms with Crippen LogP contribution in [0.15, 0.2) is 228 Å². The average Bonchev–Trinajstić information content (AvgIpc) is 3.93. The second-order valence-corrected chi connectivity index (χ2v) is 16.3. The molecule has 0 aliphatic carbocycles. The van der Waals surface area contributed by atoms with Gasteiger partial charge in [0, 0.05) is 27.1 Å². The minimum atomic E-state index is 0.955. The molecule has 0 radical (unpaired) electrons. The summed E-state index contributed by atoms with van der Waals surface area (Å²) in [6.07, 6.45) is 0. The molecule has 11 aromatic carbocycles. The van der Waals surface area contributed by atoms with Gasteiger partial charge in [-0.3, -0.25) is 0 Å². The first-order valence-corrected chi connectivity index (χ1v) is 21.3. The largest absolute Gasteiger partial charge is 0.248 e. The van der Waals surface area contributed by atoms with Gasteiger partial charge in [0.05, 0.1) is 22.1 Å². The van der Waals surface area contributed by atoms with Gasteiger partial charge in [-0.15, -0.1) is 0 Å². The molecule has 286 valence electrons. The summed E-state index contributed by atoms with van der Waals surface area (Å²) < 4.78 is 0. The maximum atomic E-state index is 5.37. The Balaban J connectivity index is 1.15. The maximum absolute atomic E-state index is 5.37. The van der Waals surface area contributed by atoms with Gasteiger partial charge in [-0.05, 0) is 107 Å². The lowest BCUT2D eigenvalue weighted by molar-refractivity contribution is 1.36. The maximum Gasteiger partial charge on any atom is 0.0817 e. The topological polar surface area (TPSA) is 24.7 Å². The highest BCUT2D eigenvalue weighted by Crippen LogP contribution is 2.53. The van der Waals surface area contributed by atoms with Crippen molar-refractivity contribution in [1.29, 1.82) is 0 Å². The van der Waals surface area contributed by atoms with E-state index in [-0.39, 0.29) is 0 Å². The monoisotopic (exact) mass is 784 g/mol. The van der Waals surface area contributed by atoms with E-state index in [2.05, 4.69) is 218 Å². The molecular weight excluding hydrogens is 749 g/mol. The van der Waals surface area contributed by atoms with E-state index in [4.69, 9.17) is 9.98 Å². The molecular formula is C60H36N2. The lowest BCUT2D eigenvalue weighted by Gasteiger charge is -2.22. The third-order valence-corrected chi connectivity index (χ3v) is 13.0. The molecule has 0 spiro atoms. The fourth-order valence-electron chi connectivity index (χ4n) is 10.4. The molecule has 0 bridgehead atoms. The Kier molecular flexibility index (Phi) is 7.64. The lowest BCUT2D eigenvalue weighted by atomic mass is 9.80. The van der Waals surface area contributed by atoms with Crippen molar-refractivity contribution in [2.45, 2.75) is 0 Å². The number of benzene rings is 11. The molecule has 0 unspecified atom stereocenters. The number of nitrogens with zero attached hydrogens (tertiary/aromatic N) is 2. The van der Waals surface area contributed by atoms with E-state index in [1.54, 1.807) is 0 Å². The molecule has 11 aromatic rings. The van der Waals surface area contributed by atoms with E-state index < -0.39 is 0 Å². The van der Waals surface area contributed by atoms with Crippen LogP contribution in [-0.2, 0) is 0 Å². The van der Waals surface area contributed by atoms with Gasteiger partial charge in [0.2, 0.25) is 0 Å². The van der Waals surface area contributed by atoms with E-state index in [1.165, 1.54) is 71.3 Å². The summed E-state index contributed by atoms with van der Waals surface area (Å²) in [6.45, 7) is 0. The molecule has 62 heavy (non-hydrogen) atoms. The van der Waals surface area contributed by atoms with E-state index in [1.807, 2.05) is 0 Å². The van der Waals surface area contributed by atoms with Crippen molar-refractivity contribution in [2.75, 3.05) is 0 Å². The number of fused-ring (bicyclic) bond motifs is 12. The first-order chi connectivity index (χ1) is 30.8. The SMILES string of the molecule is c1ccc(-c2ccccc2-c2ccccc2-c2c(-c3ccccc3-c3cccc4c5ccccc5c5ccccc5c34)ccc3c2-c2c4c(ccc2=N3)=c2ccccc2=N4)cc1. The van der Waals surface area contributed by atoms with Crippen molar-refractivity contribution in [3.05, 3.63) is 240 Å². The van der Waals surface area contributed by atoms with Gasteiger partial charge in [-0.2, -0.15) is 0 Å². The highest BCUT2D eigenvalue weighted by Gasteiger charge is 2.29. The number of rotatable bonds is 5. The lowest BCUT2D eigenvalue weighted by Crippen LogP contribution is -2.02. The van der Waals surface area contributed by atoms with E-state index >= 15 is 0 Å². The van der Waals surface area contributed by atoms with Gasteiger partial charge in [-0.1, -0.05) is 194 Å². The van der Waals surface area contributed by atoms with Crippen molar-refractivity contribution in [3.63, 3.8) is 0 Å². The zero-order valence-corrected chi connectivity index (χ0v) is 33.7. The van der Waals surface area contributed by atoms with Crippen LogP contribution in [0.1, 0.15) is 0 Å². The zero-order chi connectivity index (χ0) is 40.7. The molecule has 2 aliphatic heterocycles. The molecule has 2 heterocycles. The van der Waals surface area contributed by atoms with Crippen molar-refractivity contribution >= 4 is 43.7 Å². The molecule has 2 aliphatic rings. The molecule has 0 fully saturated rings. The van der Waals surface area contributed by atoms with Gasteiger partial charge in [0.15, 0.2) is 0 Å². The predicted molar refractivity (Wildman–Crippen MR) is 257 cm³/mol. The van der Waals surface area contributed by atoms with Gasteiger partial charge in [0.25, 0.3) is 0 Å². The fourth-order valence-corrected chi connectivity index (χ4v) is 10.4. The minimum Gasteiger partial charge on any atom is -0.248 e. The average molecular weight is 785 g/mol. The van der Waals surface area contributed by atoms with Crippen LogP contribution in [0.4, 0.5) is 11.4 Å². The van der Waals surface area contributed by atoms with Crippen molar-refractivity contribution in [1.82, 2.24) is 0 Å². The van der Waals surface area contributed by atoms with Crippen molar-refractivity contribution in [3.8, 4) is 66.8 Å². The highest BCUT2D eigenvalue weighted by molar-refractivity contribution is 6.29. The first-order valence-electron chi connectivity index (χ1n) is 21.3. The molecule has 2 nitrogen and oxygen atoms in total. The minimum absolute atomic E-state index is 0.955. The number of hydrogen-bond acceptors (Lipinski definition) is 2. The predicted octanol–water partition coefficient (Wildman–Crippen LogP) is 15.0. The summed E-state index contributed by atoms with van der Waals surface area (Å²) in [4.78, 5) is 10.7. The number of para-hydroxylation sites is 1. The molecule has 0 aromatic heterocycles. The Morgan fingerprint density at radius 3 is 1.48 bits per heavy atom. The van der Waals surface area contributed by atoms with Crippen LogP contribution < -0.4 is 10.7 Å². The Bertz CT molecular complexity index is 3880. The van der Waals surface area contributed by atoms with Crippen LogP contribution in [0.25, 0.3) is 99.1 Å². The number of hydrogen-bond donors (Lipinski definition) is 0. The van der Waals surface area contributed by atoms with Crippen LogP contribution in [0.2, 0.25) is 0 Å². The van der Waals surface area contributed by atoms with Crippen LogP contribution in [0, 0.1) is 10.4 Å². The Morgan fingerprint density at radius 1 is 0.242 bits per heavy atom. The summed E-state index contributed by atoms with van der Waals surface area (Å²) >= 11 is 0. The second kappa shape index (κ2) is 13.7. The quantitative estimate of drug-likeness (QED) is 0.155. The summed E-state index contributed by atoms with van der Waals surface area (Å²) in [5.41, 5.74) is 15.9. The first kappa shape index (κ1) is 34.6. The van der Waals surface area contributed by atoms with E-state index in [0.717, 1.165) is 60.3 Å². The molecule has 0 atom stereocenters. The van der Waals surface area contributed by atoms with Gasteiger partial charge in [-0.25, -0.2) is 9.98 Å². The Hall–Kier alpha value is -8.20. The molecule has 0 amide bonds. The Labute approximate surface area is 358 Å². The standard InChI is InChI=1S/C60H36N2/c1-2-17-37(18-3-1)38-19-4-5-20-39(38)41-22-11-13-29-50(41)57-51(33-35-54-58(57)59-55(61-54)36-34-52-46-27-14-15-32-53(46)62-60(52)59)45-26-9-8-25-44(45)49-31-16-30-48-43-23-7-6-21-40(43)42-24-10-12-28-47(42)56(48)49/h1-36H. The smallest absolute Gasteiger partial charge is 0.0817 e. The van der Waals surface area contributed by atoms with Crippen LogP contribution in [0.3, 0.4) is 0 Å². The summed E-state index contributed by atoms with van der Waals surface area (Å²) in [6, 6.07) is 79.5. The molecule has 0 N–H and O–H groups in total. The van der Waals surface area contributed by atoms with E-state index in [0.29, 0.717) is 0 Å². The highest BCUT2D eigenvalue weighted by atomic mass is 14.8. The molecule has 0 saturated heterocycles. The third-order valence-electron chi connectivity index (χ3n) is 13.0. The molecule has 0 saturated carbocycles. The van der Waals surface area contributed by atoms with Gasteiger partial charge >= 0.3 is 0 Å². The molecule has 13 rings (SSSR count). The van der Waals surface area contributed by atoms with E-state index in [9.17, 15) is 0 Å². The summed E-state index contributed by atoms with van der Waals surface area (Å²) in [5, 5.41) is 11.9. The third kappa shape index (κ3) is 5.11. The van der Waals surface area contributed by atoms with Crippen LogP contribution >= 0.6 is 0 Å². The molecule has 2 heteroatoms. The van der Waals surface area contributed by atoms with Gasteiger partial charge < -0.3 is 0 Å². The van der Waals surface area contributed by atoms with Crippen molar-refractivity contribution < 1.29 is 0 Å². The fraction of sp³-hybridized carbons (Fsp3) is 0.